The van der Waals surface area contributed by atoms with Gasteiger partial charge in [0.25, 0.3) is 11.8 Å². The average Bonchev–Trinajstić information content (AvgIpc) is 3.39. The first-order chi connectivity index (χ1) is 19.4. The van der Waals surface area contributed by atoms with Gasteiger partial charge in [0.1, 0.15) is 23.7 Å². The minimum atomic E-state index is -0.435. The molecule has 40 heavy (non-hydrogen) atoms. The maximum Gasteiger partial charge on any atom is 0.257 e. The van der Waals surface area contributed by atoms with E-state index < -0.39 is 6.10 Å². The lowest BCUT2D eigenvalue weighted by Gasteiger charge is -2.24. The maximum absolute atomic E-state index is 13.1. The Kier molecular flexibility index (Phi) is 8.56. The zero-order valence-corrected chi connectivity index (χ0v) is 22.9. The summed E-state index contributed by atoms with van der Waals surface area (Å²) in [7, 11) is 3.36. The van der Waals surface area contributed by atoms with Crippen LogP contribution in [0.5, 0.6) is 17.4 Å². The van der Waals surface area contributed by atoms with Gasteiger partial charge in [0.05, 0.1) is 19.0 Å². The molecule has 0 bridgehead atoms. The predicted molar refractivity (Wildman–Crippen MR) is 146 cm³/mol. The number of hydrogen-bond acceptors (Lipinski definition) is 9. The van der Waals surface area contributed by atoms with Crippen molar-refractivity contribution in [3.8, 4) is 17.4 Å². The predicted octanol–water partition coefficient (Wildman–Crippen LogP) is 3.59. The van der Waals surface area contributed by atoms with Crippen molar-refractivity contribution >= 4 is 23.5 Å². The highest BCUT2D eigenvalue weighted by Crippen LogP contribution is 2.33. The lowest BCUT2D eigenvalue weighted by molar-refractivity contribution is -0.127. The molecule has 1 aliphatic heterocycles. The van der Waals surface area contributed by atoms with Crippen LogP contribution in [-0.4, -0.2) is 70.6 Å². The number of nitrogens with zero attached hydrogens (tertiary/aromatic N) is 5. The molecular weight excluding hydrogens is 516 g/mol. The summed E-state index contributed by atoms with van der Waals surface area (Å²) in [5, 5.41) is 6.96. The van der Waals surface area contributed by atoms with Crippen LogP contribution in [-0.2, 0) is 21.3 Å². The molecule has 12 heteroatoms. The van der Waals surface area contributed by atoms with E-state index >= 15 is 0 Å². The van der Waals surface area contributed by atoms with Gasteiger partial charge in [-0.15, -0.1) is 0 Å². The molecular formula is C28H34N6O6. The average molecular weight is 551 g/mol. The summed E-state index contributed by atoms with van der Waals surface area (Å²) in [4.78, 5) is 36.7. The van der Waals surface area contributed by atoms with E-state index in [-0.39, 0.29) is 23.8 Å². The number of hydrogen-bond donors (Lipinski definition) is 1. The lowest BCUT2D eigenvalue weighted by atomic mass is 10.2. The highest BCUT2D eigenvalue weighted by Gasteiger charge is 2.34. The highest BCUT2D eigenvalue weighted by molar-refractivity contribution is 6.04. The summed E-state index contributed by atoms with van der Waals surface area (Å²) in [6.45, 7) is 3.43. The summed E-state index contributed by atoms with van der Waals surface area (Å²) >= 11 is 0. The number of aromatic nitrogens is 4. The third-order valence-corrected chi connectivity index (χ3v) is 6.56. The van der Waals surface area contributed by atoms with E-state index in [2.05, 4.69) is 20.4 Å². The Morgan fingerprint density at radius 1 is 1.18 bits per heavy atom. The maximum atomic E-state index is 13.1. The fourth-order valence-corrected chi connectivity index (χ4v) is 4.42. The number of amides is 2. The Balaban J connectivity index is 1.34. The quantitative estimate of drug-likeness (QED) is 0.360. The van der Waals surface area contributed by atoms with Gasteiger partial charge in [-0.25, -0.2) is 9.97 Å². The molecule has 212 valence electrons. The van der Waals surface area contributed by atoms with E-state index in [1.54, 1.807) is 54.2 Å². The number of methoxy groups -OCH3 is 1. The number of benzene rings is 1. The minimum Gasteiger partial charge on any atom is -0.488 e. The molecule has 2 aromatic heterocycles. The Bertz CT molecular complexity index is 1320. The molecule has 0 unspecified atom stereocenters. The van der Waals surface area contributed by atoms with Gasteiger partial charge in [-0.3, -0.25) is 19.2 Å². The monoisotopic (exact) mass is 550 g/mol. The fraction of sp³-hybridized carbons (Fsp3) is 0.464. The molecule has 2 amide bonds. The van der Waals surface area contributed by atoms with Crippen LogP contribution in [0, 0.1) is 5.92 Å². The molecule has 0 radical (unpaired) electrons. The van der Waals surface area contributed by atoms with Crippen molar-refractivity contribution in [3.05, 3.63) is 48.4 Å². The van der Waals surface area contributed by atoms with E-state index in [1.165, 1.54) is 12.4 Å². The number of carbonyl (C=O) groups is 2. The molecule has 1 aromatic carbocycles. The lowest BCUT2D eigenvalue weighted by Crippen LogP contribution is -2.40. The van der Waals surface area contributed by atoms with E-state index in [1.807, 2.05) is 6.92 Å². The zero-order valence-electron chi connectivity index (χ0n) is 22.9. The van der Waals surface area contributed by atoms with Crippen LogP contribution in [0.3, 0.4) is 0 Å². The van der Waals surface area contributed by atoms with Gasteiger partial charge in [0.15, 0.2) is 11.6 Å². The molecule has 1 N–H and O–H groups in total. The van der Waals surface area contributed by atoms with E-state index in [0.29, 0.717) is 60.8 Å². The Morgan fingerprint density at radius 2 is 2.00 bits per heavy atom. The van der Waals surface area contributed by atoms with Crippen molar-refractivity contribution < 1.29 is 28.5 Å². The molecule has 5 rings (SSSR count). The standard InChI is InChI=1S/C28H34N6O6/c1-18(17-37-3)39-21-11-20(27(35)31-24-8-9-33(2)32-24)12-22(13-21)40-26-15-29-25(14-30-26)34(16-19-6-7-19)28(36)23-5-4-10-38-23/h8-9,11-15,18-19,23H,4-7,10,16-17H2,1-3H3,(H,31,32,35)/t18-,23-/m0/s1. The van der Waals surface area contributed by atoms with E-state index in [0.717, 1.165) is 19.3 Å². The van der Waals surface area contributed by atoms with E-state index in [9.17, 15) is 9.59 Å². The second-order valence-electron chi connectivity index (χ2n) is 10.1. The topological polar surface area (TPSA) is 130 Å². The second kappa shape index (κ2) is 12.4. The molecule has 1 aliphatic carbocycles. The van der Waals surface area contributed by atoms with Crippen LogP contribution in [0.15, 0.2) is 42.9 Å². The van der Waals surface area contributed by atoms with Crippen molar-refractivity contribution in [1.82, 2.24) is 19.7 Å². The fourth-order valence-electron chi connectivity index (χ4n) is 4.42. The molecule has 12 nitrogen and oxygen atoms in total. The number of aryl methyl sites for hydroxylation is 1. The van der Waals surface area contributed by atoms with Crippen molar-refractivity contribution in [2.45, 2.75) is 44.8 Å². The summed E-state index contributed by atoms with van der Waals surface area (Å²) in [5.74, 6) is 1.87. The Hall–Kier alpha value is -4.03. The summed E-state index contributed by atoms with van der Waals surface area (Å²) in [6, 6.07) is 6.57. The normalized spacial score (nSPS) is 17.3. The zero-order chi connectivity index (χ0) is 28.1. The van der Waals surface area contributed by atoms with Crippen LogP contribution >= 0.6 is 0 Å². The summed E-state index contributed by atoms with van der Waals surface area (Å²) < 4.78 is 24.3. The van der Waals surface area contributed by atoms with Gasteiger partial charge in [-0.2, -0.15) is 5.10 Å². The first kappa shape index (κ1) is 27.5. The molecule has 2 aliphatic rings. The number of carbonyl (C=O) groups excluding carboxylic acids is 2. The number of rotatable bonds is 12. The second-order valence-corrected chi connectivity index (χ2v) is 10.1. The van der Waals surface area contributed by atoms with Crippen molar-refractivity contribution in [2.75, 3.05) is 37.1 Å². The molecule has 2 atom stereocenters. The van der Waals surface area contributed by atoms with Gasteiger partial charge in [-0.05, 0) is 50.7 Å². The number of ether oxygens (including phenoxy) is 4. The number of nitrogens with one attached hydrogen (secondary N) is 1. The Morgan fingerprint density at radius 3 is 2.65 bits per heavy atom. The Labute approximate surface area is 232 Å². The molecule has 1 saturated carbocycles. The van der Waals surface area contributed by atoms with Crippen LogP contribution in [0.25, 0.3) is 0 Å². The van der Waals surface area contributed by atoms with Gasteiger partial charge in [-0.1, -0.05) is 0 Å². The third-order valence-electron chi connectivity index (χ3n) is 6.56. The van der Waals surface area contributed by atoms with Crippen molar-refractivity contribution in [2.24, 2.45) is 13.0 Å². The van der Waals surface area contributed by atoms with Crippen LogP contribution < -0.4 is 19.7 Å². The van der Waals surface area contributed by atoms with Crippen LogP contribution in [0.1, 0.15) is 43.0 Å². The summed E-state index contributed by atoms with van der Waals surface area (Å²) in [5.41, 5.74) is 0.310. The van der Waals surface area contributed by atoms with Gasteiger partial charge < -0.3 is 24.3 Å². The van der Waals surface area contributed by atoms with Gasteiger partial charge in [0.2, 0.25) is 5.88 Å². The van der Waals surface area contributed by atoms with Gasteiger partial charge >= 0.3 is 0 Å². The first-order valence-corrected chi connectivity index (χ1v) is 13.4. The van der Waals surface area contributed by atoms with Crippen LogP contribution in [0.2, 0.25) is 0 Å². The summed E-state index contributed by atoms with van der Waals surface area (Å²) in [6.07, 6.45) is 7.82. The third kappa shape index (κ3) is 7.13. The molecule has 3 aromatic rings. The molecule has 1 saturated heterocycles. The molecule has 2 fully saturated rings. The van der Waals surface area contributed by atoms with Crippen molar-refractivity contribution in [1.29, 1.82) is 0 Å². The SMILES string of the molecule is COC[C@H](C)Oc1cc(Oc2cnc(N(CC3CC3)C(=O)[C@@H]3CCCO3)cn2)cc(C(=O)Nc2ccn(C)n2)c1. The molecule has 0 spiro atoms. The number of anilines is 2. The first-order valence-electron chi connectivity index (χ1n) is 13.4. The van der Waals surface area contributed by atoms with Crippen molar-refractivity contribution in [3.63, 3.8) is 0 Å². The smallest absolute Gasteiger partial charge is 0.257 e. The van der Waals surface area contributed by atoms with E-state index in [4.69, 9.17) is 18.9 Å². The largest absolute Gasteiger partial charge is 0.488 e. The minimum absolute atomic E-state index is 0.0778. The highest BCUT2D eigenvalue weighted by atomic mass is 16.5. The molecule has 3 heterocycles. The van der Waals surface area contributed by atoms with Crippen LogP contribution in [0.4, 0.5) is 11.6 Å². The van der Waals surface area contributed by atoms with Gasteiger partial charge in [0, 0.05) is 51.2 Å².